The molecule has 0 fully saturated rings. The van der Waals surface area contributed by atoms with Crippen LogP contribution in [-0.4, -0.2) is 44.8 Å². The molecule has 3 nitrogen and oxygen atoms in total. The summed E-state index contributed by atoms with van der Waals surface area (Å²) in [5.41, 5.74) is 5.86. The number of hydrogen-bond donors (Lipinski definition) is 1. The lowest BCUT2D eigenvalue weighted by Gasteiger charge is -2.30. The van der Waals surface area contributed by atoms with Crippen molar-refractivity contribution in [3.05, 3.63) is 0 Å². The number of nitrogens with zero attached hydrogens (tertiary/aromatic N) is 1. The normalized spacial score (nSPS) is 15.0. The van der Waals surface area contributed by atoms with Gasteiger partial charge in [-0.3, -0.25) is 0 Å². The molecule has 0 aromatic carbocycles. The minimum absolute atomic E-state index is 0.197. The molecule has 0 spiro atoms. The van der Waals surface area contributed by atoms with Crippen LogP contribution in [0.3, 0.4) is 0 Å². The Kier molecular flexibility index (Phi) is 5.53. The van der Waals surface area contributed by atoms with E-state index in [0.717, 1.165) is 19.6 Å². The lowest BCUT2D eigenvalue weighted by atomic mass is 9.93. The van der Waals surface area contributed by atoms with Gasteiger partial charge in [-0.2, -0.15) is 0 Å². The Bertz CT molecular complexity index is 137. The molecule has 0 aliphatic heterocycles. The van der Waals surface area contributed by atoms with Crippen molar-refractivity contribution in [2.75, 3.05) is 33.8 Å². The van der Waals surface area contributed by atoms with Crippen molar-refractivity contribution in [2.24, 2.45) is 11.1 Å². The highest BCUT2D eigenvalue weighted by Gasteiger charge is 2.18. The third kappa shape index (κ3) is 6.02. The molecule has 1 atom stereocenters. The van der Waals surface area contributed by atoms with E-state index in [1.807, 2.05) is 0 Å². The summed E-state index contributed by atoms with van der Waals surface area (Å²) in [5, 5.41) is 0. The molecule has 0 aliphatic rings. The van der Waals surface area contributed by atoms with E-state index >= 15 is 0 Å². The van der Waals surface area contributed by atoms with Gasteiger partial charge < -0.3 is 15.4 Å². The summed E-state index contributed by atoms with van der Waals surface area (Å²) in [6.07, 6.45) is 0.290. The van der Waals surface area contributed by atoms with Crippen molar-refractivity contribution in [3.63, 3.8) is 0 Å². The lowest BCUT2D eigenvalue weighted by Crippen LogP contribution is -2.39. The maximum Gasteiger partial charge on any atom is 0.0669 e. The van der Waals surface area contributed by atoms with Crippen LogP contribution in [0.1, 0.15) is 20.8 Å². The van der Waals surface area contributed by atoms with Gasteiger partial charge in [0.25, 0.3) is 0 Å². The Morgan fingerprint density at radius 3 is 2.38 bits per heavy atom. The van der Waals surface area contributed by atoms with E-state index in [9.17, 15) is 0 Å². The van der Waals surface area contributed by atoms with Crippen molar-refractivity contribution in [2.45, 2.75) is 26.9 Å². The fraction of sp³-hybridized carbons (Fsp3) is 1.00. The first-order valence-corrected chi connectivity index (χ1v) is 4.82. The van der Waals surface area contributed by atoms with Crippen LogP contribution in [0.2, 0.25) is 0 Å². The fourth-order valence-electron chi connectivity index (χ4n) is 1.37. The second-order valence-electron chi connectivity index (χ2n) is 4.61. The number of nitrogens with two attached hydrogens (primary N) is 1. The number of rotatable bonds is 6. The highest BCUT2D eigenvalue weighted by Crippen LogP contribution is 2.13. The molecular formula is C10H24N2O. The minimum atomic E-state index is 0.197. The van der Waals surface area contributed by atoms with Crippen LogP contribution >= 0.6 is 0 Å². The van der Waals surface area contributed by atoms with Crippen molar-refractivity contribution in [1.82, 2.24) is 4.90 Å². The quantitative estimate of drug-likeness (QED) is 0.674. The number of likely N-dealkylation sites (N-methyl/N-ethyl adjacent to an activating group) is 1. The van der Waals surface area contributed by atoms with Crippen molar-refractivity contribution >= 4 is 0 Å². The second-order valence-corrected chi connectivity index (χ2v) is 4.61. The summed E-state index contributed by atoms with van der Waals surface area (Å²) in [7, 11) is 3.85. The smallest absolute Gasteiger partial charge is 0.0669 e. The van der Waals surface area contributed by atoms with Crippen molar-refractivity contribution < 1.29 is 4.74 Å². The zero-order chi connectivity index (χ0) is 10.5. The molecular weight excluding hydrogens is 164 g/mol. The summed E-state index contributed by atoms with van der Waals surface area (Å²) in [6.45, 7) is 9.13. The first kappa shape index (κ1) is 12.9. The molecule has 80 valence electrons. The SMILES string of the molecule is COC(C)CN(C)CC(C)(C)CN. The Morgan fingerprint density at radius 1 is 1.46 bits per heavy atom. The Balaban J connectivity index is 3.79. The standard InChI is InChI=1S/C10H24N2O/c1-9(13-5)6-12(4)8-10(2,3)7-11/h9H,6-8,11H2,1-5H3. The maximum absolute atomic E-state index is 5.66. The van der Waals surface area contributed by atoms with Crippen LogP contribution in [0, 0.1) is 5.41 Å². The highest BCUT2D eigenvalue weighted by molar-refractivity contribution is 4.73. The molecule has 2 N–H and O–H groups in total. The first-order chi connectivity index (χ1) is 5.91. The van der Waals surface area contributed by atoms with Crippen LogP contribution in [0.5, 0.6) is 0 Å². The molecule has 0 radical (unpaired) electrons. The van der Waals surface area contributed by atoms with Gasteiger partial charge in [-0.1, -0.05) is 13.8 Å². The van der Waals surface area contributed by atoms with E-state index in [-0.39, 0.29) is 5.41 Å². The molecule has 0 aliphatic carbocycles. The van der Waals surface area contributed by atoms with Gasteiger partial charge in [-0.05, 0) is 25.9 Å². The number of ether oxygens (including phenoxy) is 1. The van der Waals surface area contributed by atoms with Gasteiger partial charge in [0.05, 0.1) is 6.10 Å². The monoisotopic (exact) mass is 188 g/mol. The number of methoxy groups -OCH3 is 1. The van der Waals surface area contributed by atoms with E-state index in [4.69, 9.17) is 10.5 Å². The molecule has 1 unspecified atom stereocenters. The van der Waals surface area contributed by atoms with E-state index in [1.165, 1.54) is 0 Å². The minimum Gasteiger partial charge on any atom is -0.380 e. The molecule has 0 saturated carbocycles. The van der Waals surface area contributed by atoms with Gasteiger partial charge in [-0.25, -0.2) is 0 Å². The Hall–Kier alpha value is -0.120. The molecule has 0 rings (SSSR count). The first-order valence-electron chi connectivity index (χ1n) is 4.82. The second kappa shape index (κ2) is 5.58. The largest absolute Gasteiger partial charge is 0.380 e. The predicted octanol–water partition coefficient (Wildman–Crippen LogP) is 0.938. The summed E-state index contributed by atoms with van der Waals surface area (Å²) < 4.78 is 5.20. The molecule has 13 heavy (non-hydrogen) atoms. The van der Waals surface area contributed by atoms with Crippen molar-refractivity contribution in [3.8, 4) is 0 Å². The van der Waals surface area contributed by atoms with Gasteiger partial charge in [0.1, 0.15) is 0 Å². The zero-order valence-corrected chi connectivity index (χ0v) is 9.63. The summed E-state index contributed by atoms with van der Waals surface area (Å²) in [4.78, 5) is 2.26. The molecule has 0 aromatic heterocycles. The summed E-state index contributed by atoms with van der Waals surface area (Å²) in [6, 6.07) is 0. The maximum atomic E-state index is 5.66. The molecule has 0 heterocycles. The average molecular weight is 188 g/mol. The third-order valence-electron chi connectivity index (χ3n) is 2.22. The summed E-state index contributed by atoms with van der Waals surface area (Å²) in [5.74, 6) is 0. The predicted molar refractivity (Wildman–Crippen MR) is 56.8 cm³/mol. The molecule has 3 heteroatoms. The van der Waals surface area contributed by atoms with Crippen LogP contribution in [0.4, 0.5) is 0 Å². The van der Waals surface area contributed by atoms with Gasteiger partial charge in [0, 0.05) is 20.2 Å². The molecule has 0 amide bonds. The van der Waals surface area contributed by atoms with Crippen LogP contribution in [0.15, 0.2) is 0 Å². The average Bonchev–Trinajstić information content (AvgIpc) is 2.03. The van der Waals surface area contributed by atoms with Gasteiger partial charge in [-0.15, -0.1) is 0 Å². The molecule has 0 bridgehead atoms. The molecule has 0 aromatic rings. The Morgan fingerprint density at radius 2 is 2.00 bits per heavy atom. The summed E-state index contributed by atoms with van der Waals surface area (Å²) >= 11 is 0. The van der Waals surface area contributed by atoms with Crippen LogP contribution in [-0.2, 0) is 4.74 Å². The highest BCUT2D eigenvalue weighted by atomic mass is 16.5. The van der Waals surface area contributed by atoms with Gasteiger partial charge in [0.15, 0.2) is 0 Å². The van der Waals surface area contributed by atoms with E-state index < -0.39 is 0 Å². The third-order valence-corrected chi connectivity index (χ3v) is 2.22. The molecule has 0 saturated heterocycles. The fourth-order valence-corrected chi connectivity index (χ4v) is 1.37. The van der Waals surface area contributed by atoms with Crippen LogP contribution < -0.4 is 5.73 Å². The van der Waals surface area contributed by atoms with Gasteiger partial charge >= 0.3 is 0 Å². The van der Waals surface area contributed by atoms with E-state index in [0.29, 0.717) is 6.10 Å². The van der Waals surface area contributed by atoms with Crippen molar-refractivity contribution in [1.29, 1.82) is 0 Å². The number of hydrogen-bond acceptors (Lipinski definition) is 3. The zero-order valence-electron chi connectivity index (χ0n) is 9.63. The van der Waals surface area contributed by atoms with Crippen LogP contribution in [0.25, 0.3) is 0 Å². The Labute approximate surface area is 82.2 Å². The van der Waals surface area contributed by atoms with Gasteiger partial charge in [0.2, 0.25) is 0 Å². The topological polar surface area (TPSA) is 38.5 Å². The lowest BCUT2D eigenvalue weighted by molar-refractivity contribution is 0.0740. The van der Waals surface area contributed by atoms with E-state index in [1.54, 1.807) is 7.11 Å². The van der Waals surface area contributed by atoms with E-state index in [2.05, 4.69) is 32.7 Å².